The molecule has 0 aliphatic carbocycles. The minimum Gasteiger partial charge on any atom is -0.388 e. The summed E-state index contributed by atoms with van der Waals surface area (Å²) < 4.78 is 7.16. The minimum atomic E-state index is -1.28. The molecule has 1 fully saturated rings. The lowest BCUT2D eigenvalue weighted by atomic mass is 10.0. The van der Waals surface area contributed by atoms with Crippen LogP contribution in [0.4, 0.5) is 0 Å². The van der Waals surface area contributed by atoms with Crippen molar-refractivity contribution >= 4 is 13.2 Å². The van der Waals surface area contributed by atoms with Gasteiger partial charge in [-0.15, -0.1) is 13.2 Å². The Labute approximate surface area is 141 Å². The number of aliphatic hydroxyl groups is 2. The number of aromatic amines is 1. The highest BCUT2D eigenvalue weighted by molar-refractivity contribution is 7.72. The first kappa shape index (κ1) is 19.2. The Hall–Kier alpha value is -1.14. The summed E-state index contributed by atoms with van der Waals surface area (Å²) in [6.45, 7) is 5.28. The number of rotatable bonds is 6. The van der Waals surface area contributed by atoms with E-state index in [1.54, 1.807) is 0 Å². The molecule has 1 aromatic rings. The fraction of sp³-hybridized carbons (Fsp3) is 0.688. The van der Waals surface area contributed by atoms with Crippen molar-refractivity contribution in [3.05, 3.63) is 32.6 Å². The molecule has 0 unspecified atom stereocenters. The van der Waals surface area contributed by atoms with Crippen LogP contribution in [0.25, 0.3) is 0 Å². The van der Waals surface area contributed by atoms with Gasteiger partial charge in [0.1, 0.15) is 18.3 Å². The van der Waals surface area contributed by atoms with Crippen LogP contribution in [-0.4, -0.2) is 63.9 Å². The van der Waals surface area contributed by atoms with Gasteiger partial charge in [-0.25, -0.2) is 4.79 Å². The molecule has 2 rings (SSSR count). The number of ether oxygens (including phenoxy) is 1. The molecule has 1 aliphatic rings. The second-order valence-electron chi connectivity index (χ2n) is 7.06. The molecule has 2 heterocycles. The zero-order valence-corrected chi connectivity index (χ0v) is 15.3. The number of nitrogens with one attached hydrogen (secondary N) is 1. The number of hydrogen-bond acceptors (Lipinski definition) is 5. The van der Waals surface area contributed by atoms with Gasteiger partial charge in [0.25, 0.3) is 5.56 Å². The van der Waals surface area contributed by atoms with Gasteiger partial charge in [-0.2, -0.15) is 0 Å². The van der Waals surface area contributed by atoms with Crippen molar-refractivity contribution < 1.29 is 14.9 Å². The van der Waals surface area contributed by atoms with Crippen LogP contribution in [0.3, 0.4) is 0 Å². The van der Waals surface area contributed by atoms with Crippen molar-refractivity contribution in [2.75, 3.05) is 19.5 Å². The predicted octanol–water partition coefficient (Wildman–Crippen LogP) is 0.208. The third kappa shape index (κ3) is 4.28. The van der Waals surface area contributed by atoms with Crippen LogP contribution in [0.5, 0.6) is 0 Å². The number of aliphatic hydroxyl groups excluding tert-OH is 2. The molecule has 1 aliphatic heterocycles. The van der Waals surface area contributed by atoms with E-state index in [0.717, 1.165) is 12.6 Å². The fourth-order valence-electron chi connectivity index (χ4n) is 2.86. The molecule has 4 atom stereocenters. The van der Waals surface area contributed by atoms with Crippen LogP contribution >= 0.6 is 6.89 Å². The lowest BCUT2D eigenvalue weighted by Crippen LogP contribution is -2.35. The lowest BCUT2D eigenvalue weighted by Gasteiger charge is -2.18. The maximum atomic E-state index is 12.1. The van der Waals surface area contributed by atoms with Gasteiger partial charge in [0, 0.05) is 12.7 Å². The van der Waals surface area contributed by atoms with Crippen LogP contribution in [0.15, 0.2) is 15.8 Å². The molecule has 1 saturated heterocycles. The van der Waals surface area contributed by atoms with E-state index in [1.807, 2.05) is 6.92 Å². The van der Waals surface area contributed by atoms with Crippen molar-refractivity contribution in [1.29, 1.82) is 0 Å². The molecular weight excluding hydrogens is 331 g/mol. The Bertz CT molecular complexity index is 735. The first-order chi connectivity index (χ1) is 11.1. The van der Waals surface area contributed by atoms with Gasteiger partial charge in [0.15, 0.2) is 0 Å². The molecule has 3 N–H and O–H groups in total. The smallest absolute Gasteiger partial charge is 0.328 e. The summed E-state index contributed by atoms with van der Waals surface area (Å²) in [6.07, 6.45) is 3.93. The first-order valence-electron chi connectivity index (χ1n) is 8.16. The molecule has 1 aromatic heterocycles. The van der Waals surface area contributed by atoms with E-state index in [-0.39, 0.29) is 5.56 Å². The number of hydrogen-bond donors (Lipinski definition) is 3. The Kier molecular flexibility index (Phi) is 5.91. The van der Waals surface area contributed by atoms with E-state index in [1.165, 1.54) is 10.8 Å². The summed E-state index contributed by atoms with van der Waals surface area (Å²) in [5, 5.41) is 20.5. The van der Waals surface area contributed by atoms with E-state index in [2.05, 4.69) is 24.6 Å². The summed E-state index contributed by atoms with van der Waals surface area (Å²) in [7, 11) is 0. The minimum absolute atomic E-state index is 0.167. The Morgan fingerprint density at radius 3 is 2.58 bits per heavy atom. The Morgan fingerprint density at radius 2 is 2.00 bits per heavy atom. The van der Waals surface area contributed by atoms with E-state index < -0.39 is 42.6 Å². The van der Waals surface area contributed by atoms with E-state index in [4.69, 9.17) is 4.74 Å². The van der Waals surface area contributed by atoms with Gasteiger partial charge < -0.3 is 19.5 Å². The summed E-state index contributed by atoms with van der Waals surface area (Å²) >= 11 is 0. The van der Waals surface area contributed by atoms with Crippen molar-refractivity contribution in [3.8, 4) is 0 Å². The number of H-pyrrole nitrogens is 1. The topological polar surface area (TPSA) is 105 Å². The van der Waals surface area contributed by atoms with Gasteiger partial charge in [-0.3, -0.25) is 9.78 Å². The van der Waals surface area contributed by atoms with E-state index >= 15 is 0 Å². The average Bonchev–Trinajstić information content (AvgIpc) is 2.75. The molecule has 0 amide bonds. The third-order valence-electron chi connectivity index (χ3n) is 4.19. The van der Waals surface area contributed by atoms with Crippen LogP contribution in [-0.2, 0) is 11.3 Å². The molecule has 24 heavy (non-hydrogen) atoms. The summed E-state index contributed by atoms with van der Waals surface area (Å²) in [5.41, 5.74) is -0.909. The van der Waals surface area contributed by atoms with Crippen molar-refractivity contribution in [2.45, 2.75) is 50.7 Å². The summed E-state index contributed by atoms with van der Waals surface area (Å²) in [4.78, 5) is 26.1. The van der Waals surface area contributed by atoms with Crippen molar-refractivity contribution in [3.63, 3.8) is 0 Å². The largest absolute Gasteiger partial charge is 0.388 e. The molecular formula is C16H27N2O5P. The van der Waals surface area contributed by atoms with Crippen molar-refractivity contribution in [1.82, 2.24) is 9.55 Å². The van der Waals surface area contributed by atoms with E-state index in [0.29, 0.717) is 13.0 Å². The maximum absolute atomic E-state index is 12.1. The second kappa shape index (κ2) is 7.40. The zero-order valence-electron chi connectivity index (χ0n) is 14.4. The average molecular weight is 358 g/mol. The predicted molar refractivity (Wildman–Crippen MR) is 96.6 cm³/mol. The molecule has 0 saturated carbocycles. The van der Waals surface area contributed by atoms with Crippen LogP contribution in [0, 0.1) is 0 Å². The van der Waals surface area contributed by atoms with Gasteiger partial charge in [0.05, 0.1) is 11.7 Å². The second-order valence-corrected chi connectivity index (χ2v) is 11.4. The molecule has 8 heteroatoms. The zero-order chi connectivity index (χ0) is 18.1. The lowest BCUT2D eigenvalue weighted by molar-refractivity contribution is 0.00493. The summed E-state index contributed by atoms with van der Waals surface area (Å²) in [6, 6.07) is 0. The van der Waals surface area contributed by atoms with Gasteiger partial charge in [-0.05, 0) is 32.3 Å². The first-order valence-corrected chi connectivity index (χ1v) is 11.2. The highest BCUT2D eigenvalue weighted by Crippen LogP contribution is 2.40. The van der Waals surface area contributed by atoms with Gasteiger partial charge in [0.2, 0.25) is 0 Å². The monoisotopic (exact) mass is 358 g/mol. The molecule has 0 aromatic carbocycles. The molecule has 136 valence electrons. The van der Waals surface area contributed by atoms with Crippen LogP contribution in [0.1, 0.15) is 31.4 Å². The van der Waals surface area contributed by atoms with Crippen LogP contribution in [0.2, 0.25) is 0 Å². The van der Waals surface area contributed by atoms with Crippen LogP contribution < -0.4 is 11.2 Å². The quantitative estimate of drug-likeness (QED) is 0.631. The maximum Gasteiger partial charge on any atom is 0.328 e. The third-order valence-corrected chi connectivity index (χ3v) is 5.66. The molecule has 0 radical (unpaired) electrons. The molecule has 0 spiro atoms. The number of nitrogens with zero attached hydrogens (tertiary/aromatic N) is 1. The SMILES string of the molecule is C=P(C)(C)CC[C@H]1O[C@@H](c2cn(CCC)c(=O)[nH]c2=O)[C@H](O)[C@@H]1O. The van der Waals surface area contributed by atoms with Crippen molar-refractivity contribution in [2.24, 2.45) is 0 Å². The normalized spacial score (nSPS) is 27.5. The Balaban J connectivity index is 2.26. The molecule has 0 bridgehead atoms. The highest BCUT2D eigenvalue weighted by atomic mass is 31.2. The van der Waals surface area contributed by atoms with E-state index in [9.17, 15) is 19.8 Å². The van der Waals surface area contributed by atoms with Gasteiger partial charge in [-0.1, -0.05) is 6.92 Å². The summed E-state index contributed by atoms with van der Waals surface area (Å²) in [5.74, 6) is 0. The highest BCUT2D eigenvalue weighted by Gasteiger charge is 2.44. The fourth-order valence-corrected chi connectivity index (χ4v) is 3.81. The standard InChI is InChI=1S/C16H27N2O5P/c1-5-7-18-9-10(15(21)17-16(18)22)14-13(20)12(19)11(23-14)6-8-24(2,3)4/h9,11-14,19-20H,2,5-8H2,1,3-4H3,(H,17,21,22)/t11-,12-,13-,14+/m1/s1. The Morgan fingerprint density at radius 1 is 1.33 bits per heavy atom. The van der Waals surface area contributed by atoms with Gasteiger partial charge >= 0.3 is 5.69 Å². The molecule has 7 nitrogen and oxygen atoms in total. The number of aryl methyl sites for hydroxylation is 1. The number of aromatic nitrogens is 2.